The van der Waals surface area contributed by atoms with E-state index in [-0.39, 0.29) is 6.54 Å². The van der Waals surface area contributed by atoms with E-state index >= 15 is 0 Å². The molecule has 0 bridgehead atoms. The lowest BCUT2D eigenvalue weighted by Crippen LogP contribution is -2.34. The molecule has 19 heavy (non-hydrogen) atoms. The molecule has 0 saturated carbocycles. The number of nitrogens with one attached hydrogen (secondary N) is 1. The standard InChI is InChI=1S/C11H16ClF3N4/c1-2-5-19(7-11(13,14)15)6-9-8(12)3-4-10(17-9)18-16/h3-4H,2,5-7,16H2,1H3,(H,17,18). The van der Waals surface area contributed by atoms with E-state index in [1.54, 1.807) is 12.1 Å². The zero-order valence-corrected chi connectivity index (χ0v) is 11.2. The average Bonchev–Trinajstić information content (AvgIpc) is 2.30. The average molecular weight is 297 g/mol. The highest BCUT2D eigenvalue weighted by atomic mass is 35.5. The first-order chi connectivity index (χ1) is 8.85. The number of anilines is 1. The first-order valence-corrected chi connectivity index (χ1v) is 6.14. The Kier molecular flexibility index (Phi) is 5.84. The molecular weight excluding hydrogens is 281 g/mol. The van der Waals surface area contributed by atoms with Crippen LogP contribution in [0.4, 0.5) is 19.0 Å². The molecular formula is C11H16ClF3N4. The van der Waals surface area contributed by atoms with E-state index in [2.05, 4.69) is 10.4 Å². The van der Waals surface area contributed by atoms with Gasteiger partial charge in [0.25, 0.3) is 0 Å². The summed E-state index contributed by atoms with van der Waals surface area (Å²) >= 11 is 5.93. The summed E-state index contributed by atoms with van der Waals surface area (Å²) in [4.78, 5) is 5.32. The molecule has 1 rings (SSSR count). The molecule has 0 amide bonds. The quantitative estimate of drug-likeness (QED) is 0.626. The van der Waals surface area contributed by atoms with E-state index < -0.39 is 12.7 Å². The lowest BCUT2D eigenvalue weighted by Gasteiger charge is -2.23. The van der Waals surface area contributed by atoms with Gasteiger partial charge in [0.15, 0.2) is 0 Å². The van der Waals surface area contributed by atoms with Crippen molar-refractivity contribution in [1.82, 2.24) is 9.88 Å². The molecule has 0 aliphatic rings. The second-order valence-corrected chi connectivity index (χ2v) is 4.50. The zero-order chi connectivity index (χ0) is 14.5. The number of aromatic nitrogens is 1. The van der Waals surface area contributed by atoms with Gasteiger partial charge in [-0.05, 0) is 25.1 Å². The Bertz CT molecular complexity index is 411. The van der Waals surface area contributed by atoms with Gasteiger partial charge < -0.3 is 5.43 Å². The minimum Gasteiger partial charge on any atom is -0.308 e. The third-order valence-electron chi connectivity index (χ3n) is 2.38. The molecule has 4 nitrogen and oxygen atoms in total. The van der Waals surface area contributed by atoms with Gasteiger partial charge in [-0.1, -0.05) is 18.5 Å². The van der Waals surface area contributed by atoms with Gasteiger partial charge in [-0.25, -0.2) is 10.8 Å². The van der Waals surface area contributed by atoms with E-state index in [0.717, 1.165) is 0 Å². The molecule has 1 heterocycles. The number of nitrogen functional groups attached to an aromatic ring is 1. The van der Waals surface area contributed by atoms with Crippen LogP contribution in [-0.4, -0.2) is 29.1 Å². The third kappa shape index (κ3) is 5.63. The summed E-state index contributed by atoms with van der Waals surface area (Å²) < 4.78 is 37.4. The number of nitrogens with zero attached hydrogens (tertiary/aromatic N) is 2. The van der Waals surface area contributed by atoms with Crippen LogP contribution >= 0.6 is 11.6 Å². The van der Waals surface area contributed by atoms with Crippen molar-refractivity contribution in [3.63, 3.8) is 0 Å². The van der Waals surface area contributed by atoms with E-state index in [0.29, 0.717) is 29.5 Å². The topological polar surface area (TPSA) is 54.2 Å². The molecule has 8 heteroatoms. The zero-order valence-electron chi connectivity index (χ0n) is 10.5. The molecule has 0 saturated heterocycles. The molecule has 0 spiro atoms. The summed E-state index contributed by atoms with van der Waals surface area (Å²) in [5.41, 5.74) is 2.71. The number of nitrogens with two attached hydrogens (primary N) is 1. The van der Waals surface area contributed by atoms with Gasteiger partial charge in [0, 0.05) is 6.54 Å². The predicted molar refractivity (Wildman–Crippen MR) is 68.7 cm³/mol. The molecule has 0 fully saturated rings. The van der Waals surface area contributed by atoms with Crippen LogP contribution in [0.2, 0.25) is 5.02 Å². The van der Waals surface area contributed by atoms with Gasteiger partial charge >= 0.3 is 6.18 Å². The minimum atomic E-state index is -4.24. The van der Waals surface area contributed by atoms with Gasteiger partial charge in [-0.2, -0.15) is 13.2 Å². The smallest absolute Gasteiger partial charge is 0.308 e. The van der Waals surface area contributed by atoms with Crippen LogP contribution in [0, 0.1) is 0 Å². The van der Waals surface area contributed by atoms with Gasteiger partial charge in [0.1, 0.15) is 5.82 Å². The summed E-state index contributed by atoms with van der Waals surface area (Å²) in [7, 11) is 0. The number of alkyl halides is 3. The molecule has 0 aromatic carbocycles. The Morgan fingerprint density at radius 3 is 2.63 bits per heavy atom. The molecule has 0 unspecified atom stereocenters. The van der Waals surface area contributed by atoms with Gasteiger partial charge in [0.05, 0.1) is 17.3 Å². The maximum atomic E-state index is 12.5. The number of hydrogen-bond acceptors (Lipinski definition) is 4. The van der Waals surface area contributed by atoms with Crippen molar-refractivity contribution >= 4 is 17.4 Å². The number of halogens is 4. The molecule has 3 N–H and O–H groups in total. The molecule has 0 aliphatic heterocycles. The maximum absolute atomic E-state index is 12.5. The fourth-order valence-corrected chi connectivity index (χ4v) is 1.84. The van der Waals surface area contributed by atoms with Crippen molar-refractivity contribution in [1.29, 1.82) is 0 Å². The van der Waals surface area contributed by atoms with Crippen LogP contribution in [0.1, 0.15) is 19.0 Å². The lowest BCUT2D eigenvalue weighted by molar-refractivity contribution is -0.147. The van der Waals surface area contributed by atoms with E-state index in [9.17, 15) is 13.2 Å². The van der Waals surface area contributed by atoms with Crippen molar-refractivity contribution < 1.29 is 13.2 Å². The Morgan fingerprint density at radius 1 is 1.42 bits per heavy atom. The van der Waals surface area contributed by atoms with Crippen molar-refractivity contribution in [2.75, 3.05) is 18.5 Å². The van der Waals surface area contributed by atoms with E-state index in [1.807, 2.05) is 6.92 Å². The maximum Gasteiger partial charge on any atom is 0.401 e. The lowest BCUT2D eigenvalue weighted by atomic mass is 10.3. The van der Waals surface area contributed by atoms with Gasteiger partial charge in [0.2, 0.25) is 0 Å². The minimum absolute atomic E-state index is 0.0295. The summed E-state index contributed by atoms with van der Waals surface area (Å²) in [5.74, 6) is 5.57. The second kappa shape index (κ2) is 6.93. The van der Waals surface area contributed by atoms with Gasteiger partial charge in [-0.15, -0.1) is 0 Å². The second-order valence-electron chi connectivity index (χ2n) is 4.10. The molecule has 108 valence electrons. The van der Waals surface area contributed by atoms with Crippen LogP contribution in [0.15, 0.2) is 12.1 Å². The van der Waals surface area contributed by atoms with E-state index in [4.69, 9.17) is 17.4 Å². The highest BCUT2D eigenvalue weighted by molar-refractivity contribution is 6.31. The number of hydrogen-bond donors (Lipinski definition) is 2. The fraction of sp³-hybridized carbons (Fsp3) is 0.545. The monoisotopic (exact) mass is 296 g/mol. The summed E-state index contributed by atoms with van der Waals surface area (Å²) in [6.07, 6.45) is -3.63. The van der Waals surface area contributed by atoms with Crippen molar-refractivity contribution in [2.45, 2.75) is 26.1 Å². The first-order valence-electron chi connectivity index (χ1n) is 5.77. The van der Waals surface area contributed by atoms with E-state index in [1.165, 1.54) is 4.90 Å². The highest BCUT2D eigenvalue weighted by Gasteiger charge is 2.30. The fourth-order valence-electron chi connectivity index (χ4n) is 1.67. The Labute approximate surface area is 114 Å². The third-order valence-corrected chi connectivity index (χ3v) is 2.73. The normalized spacial score (nSPS) is 11.9. The van der Waals surface area contributed by atoms with Crippen LogP contribution in [0.3, 0.4) is 0 Å². The number of pyridine rings is 1. The number of rotatable bonds is 6. The van der Waals surface area contributed by atoms with Crippen molar-refractivity contribution in [3.8, 4) is 0 Å². The SMILES string of the molecule is CCCN(Cc1nc(NN)ccc1Cl)CC(F)(F)F. The Hall–Kier alpha value is -1.05. The molecule has 0 aliphatic carbocycles. The van der Waals surface area contributed by atoms with Crippen LogP contribution in [-0.2, 0) is 6.54 Å². The summed E-state index contributed by atoms with van der Waals surface area (Å²) in [6.45, 7) is 1.18. The molecule has 1 aromatic heterocycles. The largest absolute Gasteiger partial charge is 0.401 e. The molecule has 1 aromatic rings. The predicted octanol–water partition coefficient (Wildman–Crippen LogP) is 2.79. The first kappa shape index (κ1) is 16.0. The highest BCUT2D eigenvalue weighted by Crippen LogP contribution is 2.21. The van der Waals surface area contributed by atoms with Crippen molar-refractivity contribution in [3.05, 3.63) is 22.8 Å². The van der Waals surface area contributed by atoms with Crippen LogP contribution in [0.5, 0.6) is 0 Å². The van der Waals surface area contributed by atoms with Crippen LogP contribution in [0.25, 0.3) is 0 Å². The summed E-state index contributed by atoms with van der Waals surface area (Å²) in [6, 6.07) is 3.11. The van der Waals surface area contributed by atoms with Crippen molar-refractivity contribution in [2.24, 2.45) is 5.84 Å². The molecule has 0 radical (unpaired) electrons. The number of hydrazine groups is 1. The summed E-state index contributed by atoms with van der Waals surface area (Å²) in [5, 5.41) is 0.322. The Morgan fingerprint density at radius 2 is 2.11 bits per heavy atom. The van der Waals surface area contributed by atoms with Crippen LogP contribution < -0.4 is 11.3 Å². The molecule has 0 atom stereocenters. The van der Waals surface area contributed by atoms with Gasteiger partial charge in [-0.3, -0.25) is 4.90 Å². The Balaban J connectivity index is 2.83.